The van der Waals surface area contributed by atoms with Gasteiger partial charge >= 0.3 is 0 Å². The van der Waals surface area contributed by atoms with E-state index in [1.54, 1.807) is 7.11 Å². The predicted octanol–water partition coefficient (Wildman–Crippen LogP) is -2.61. The number of Topliss-reactive ketones (excluding diaryl/α,β-unsaturated/α-hetero) is 1. The van der Waals surface area contributed by atoms with Crippen LogP contribution in [0.1, 0.15) is 15.9 Å². The number of carbonyl (C=O) groups excluding carboxylic acids is 1. The Kier molecular flexibility index (Phi) is 6.97. The molecule has 2 N–H and O–H groups in total. The van der Waals surface area contributed by atoms with Crippen molar-refractivity contribution in [1.82, 2.24) is 0 Å². The van der Waals surface area contributed by atoms with Crippen LogP contribution in [-0.4, -0.2) is 32.6 Å². The number of benzene rings is 1. The molecule has 90 valence electrons. The molecule has 0 unspecified atom stereocenters. The zero-order chi connectivity index (χ0) is 11.3. The second-order valence-electron chi connectivity index (χ2n) is 3.63. The van der Waals surface area contributed by atoms with Crippen LogP contribution in [0.3, 0.4) is 0 Å². The third kappa shape index (κ3) is 3.93. The molecule has 0 aromatic heterocycles. The van der Waals surface area contributed by atoms with Gasteiger partial charge in [-0.1, -0.05) is 29.8 Å². The van der Waals surface area contributed by atoms with E-state index in [-0.39, 0.29) is 24.2 Å². The molecule has 0 fully saturated rings. The smallest absolute Gasteiger partial charge is 0.222 e. The summed E-state index contributed by atoms with van der Waals surface area (Å²) in [6.07, 6.45) is 0. The average molecular weight is 244 g/mol. The Hall–Kier alpha value is -0.900. The molecule has 0 saturated carbocycles. The van der Waals surface area contributed by atoms with E-state index in [9.17, 15) is 4.79 Å². The van der Waals surface area contributed by atoms with Crippen LogP contribution in [0.2, 0.25) is 0 Å². The monoisotopic (exact) mass is 243 g/mol. The lowest BCUT2D eigenvalue weighted by molar-refractivity contribution is -0.650. The minimum Gasteiger partial charge on any atom is -1.00 e. The van der Waals surface area contributed by atoms with Crippen LogP contribution in [-0.2, 0) is 4.74 Å². The predicted molar refractivity (Wildman–Crippen MR) is 59.0 cm³/mol. The number of quaternary nitrogens is 1. The van der Waals surface area contributed by atoms with Gasteiger partial charge < -0.3 is 22.5 Å². The zero-order valence-corrected chi connectivity index (χ0v) is 10.6. The first-order valence-electron chi connectivity index (χ1n) is 5.08. The maximum atomic E-state index is 12.0. The van der Waals surface area contributed by atoms with Crippen LogP contribution >= 0.6 is 0 Å². The Balaban J connectivity index is 0.00000225. The van der Waals surface area contributed by atoms with Crippen molar-refractivity contribution in [3.63, 3.8) is 0 Å². The summed E-state index contributed by atoms with van der Waals surface area (Å²) in [4.78, 5) is 12.0. The summed E-state index contributed by atoms with van der Waals surface area (Å²) in [6, 6.07) is 7.49. The summed E-state index contributed by atoms with van der Waals surface area (Å²) in [5.41, 5.74) is 1.91. The Morgan fingerprint density at radius 3 is 2.38 bits per heavy atom. The number of aryl methyl sites for hydroxylation is 1. The maximum absolute atomic E-state index is 12.0. The highest BCUT2D eigenvalue weighted by molar-refractivity contribution is 5.99. The number of methoxy groups -OCH3 is 1. The summed E-state index contributed by atoms with van der Waals surface area (Å²) < 4.78 is 5.01. The molecule has 3 nitrogen and oxygen atoms in total. The van der Waals surface area contributed by atoms with Gasteiger partial charge in [-0.25, -0.2) is 0 Å². The van der Waals surface area contributed by atoms with E-state index in [0.717, 1.165) is 11.1 Å². The molecule has 0 spiro atoms. The van der Waals surface area contributed by atoms with Gasteiger partial charge in [0.25, 0.3) is 0 Å². The second kappa shape index (κ2) is 7.39. The summed E-state index contributed by atoms with van der Waals surface area (Å²) in [5, 5.41) is 1.88. The summed E-state index contributed by atoms with van der Waals surface area (Å²) >= 11 is 0. The fraction of sp³-hybridized carbons (Fsp3) is 0.417. The van der Waals surface area contributed by atoms with Gasteiger partial charge in [-0.3, -0.25) is 4.79 Å². The summed E-state index contributed by atoms with van der Waals surface area (Å²) in [6.45, 7) is 2.45. The molecule has 0 heterocycles. The molecular formula is C12H18ClNO2. The number of nitrogens with two attached hydrogens (primary N) is 1. The summed E-state index contributed by atoms with van der Waals surface area (Å²) in [7, 11) is 3.49. The van der Waals surface area contributed by atoms with E-state index in [0.29, 0.717) is 6.61 Å². The molecule has 1 aromatic carbocycles. The first-order valence-corrected chi connectivity index (χ1v) is 5.08. The number of rotatable bonds is 5. The van der Waals surface area contributed by atoms with Gasteiger partial charge in [0.1, 0.15) is 6.61 Å². The lowest BCUT2D eigenvalue weighted by Crippen LogP contribution is -3.00. The van der Waals surface area contributed by atoms with Gasteiger partial charge in [0.05, 0.1) is 7.05 Å². The van der Waals surface area contributed by atoms with Crippen molar-refractivity contribution in [3.8, 4) is 0 Å². The Morgan fingerprint density at radius 2 is 1.94 bits per heavy atom. The molecule has 16 heavy (non-hydrogen) atoms. The van der Waals surface area contributed by atoms with E-state index < -0.39 is 0 Å². The van der Waals surface area contributed by atoms with Crippen LogP contribution < -0.4 is 17.7 Å². The minimum atomic E-state index is -0.141. The van der Waals surface area contributed by atoms with E-state index in [2.05, 4.69) is 0 Å². The molecule has 0 aliphatic heterocycles. The van der Waals surface area contributed by atoms with Crippen molar-refractivity contribution in [3.05, 3.63) is 35.4 Å². The molecule has 0 saturated heterocycles. The van der Waals surface area contributed by atoms with Crippen molar-refractivity contribution in [2.45, 2.75) is 13.0 Å². The van der Waals surface area contributed by atoms with Crippen molar-refractivity contribution < 1.29 is 27.3 Å². The van der Waals surface area contributed by atoms with E-state index in [4.69, 9.17) is 4.74 Å². The van der Waals surface area contributed by atoms with E-state index in [1.807, 2.05) is 43.6 Å². The molecule has 1 aromatic rings. The molecule has 0 bridgehead atoms. The number of halogens is 1. The van der Waals surface area contributed by atoms with Gasteiger partial charge in [-0.15, -0.1) is 0 Å². The van der Waals surface area contributed by atoms with Crippen LogP contribution in [0, 0.1) is 6.92 Å². The summed E-state index contributed by atoms with van der Waals surface area (Å²) in [5.74, 6) is 0.124. The third-order valence-corrected chi connectivity index (χ3v) is 2.42. The second-order valence-corrected chi connectivity index (χ2v) is 3.63. The van der Waals surface area contributed by atoms with Gasteiger partial charge in [0.15, 0.2) is 6.04 Å². The molecule has 0 aliphatic rings. The lowest BCUT2D eigenvalue weighted by Gasteiger charge is -2.10. The number of carbonyl (C=O) groups is 1. The first-order chi connectivity index (χ1) is 7.19. The fourth-order valence-electron chi connectivity index (χ4n) is 1.43. The zero-order valence-electron chi connectivity index (χ0n) is 9.87. The van der Waals surface area contributed by atoms with Gasteiger partial charge in [-0.05, 0) is 6.92 Å². The average Bonchev–Trinajstić information content (AvgIpc) is 2.26. The first kappa shape index (κ1) is 15.1. The molecule has 4 heteroatoms. The highest BCUT2D eigenvalue weighted by Crippen LogP contribution is 2.05. The molecule has 1 rings (SSSR count). The topological polar surface area (TPSA) is 42.9 Å². The SMILES string of the molecule is C[NH2+][C@@H](COC)C(=O)c1ccc(C)cc1.[Cl-]. The number of ether oxygens (including phenoxy) is 1. The maximum Gasteiger partial charge on any atom is 0.222 e. The molecule has 1 atom stereocenters. The van der Waals surface area contributed by atoms with Crippen molar-refractivity contribution in [1.29, 1.82) is 0 Å². The van der Waals surface area contributed by atoms with Gasteiger partial charge in [0, 0.05) is 12.7 Å². The van der Waals surface area contributed by atoms with Crippen LogP contribution in [0.5, 0.6) is 0 Å². The largest absolute Gasteiger partial charge is 1.00 e. The number of hydrogen-bond donors (Lipinski definition) is 1. The highest BCUT2D eigenvalue weighted by Gasteiger charge is 2.21. The quantitative estimate of drug-likeness (QED) is 0.576. The number of ketones is 1. The van der Waals surface area contributed by atoms with Crippen molar-refractivity contribution in [2.24, 2.45) is 0 Å². The Bertz CT molecular complexity index is 324. The molecular weight excluding hydrogens is 226 g/mol. The van der Waals surface area contributed by atoms with Crippen LogP contribution in [0.4, 0.5) is 0 Å². The Morgan fingerprint density at radius 1 is 1.38 bits per heavy atom. The van der Waals surface area contributed by atoms with Crippen molar-refractivity contribution >= 4 is 5.78 Å². The minimum absolute atomic E-state index is 0. The normalized spacial score (nSPS) is 11.7. The Labute approximate surface area is 103 Å². The standard InChI is InChI=1S/C12H17NO2.ClH/c1-9-4-6-10(7-5-9)12(14)11(13-2)8-15-3;/h4-7,11,13H,8H2,1-3H3;1H/t11-;/m0./s1. The van der Waals surface area contributed by atoms with Gasteiger partial charge in [-0.2, -0.15) is 0 Å². The number of likely N-dealkylation sites (N-methyl/N-ethyl adjacent to an activating group) is 1. The van der Waals surface area contributed by atoms with Crippen LogP contribution in [0.15, 0.2) is 24.3 Å². The van der Waals surface area contributed by atoms with Crippen LogP contribution in [0.25, 0.3) is 0 Å². The number of hydrogen-bond acceptors (Lipinski definition) is 2. The third-order valence-electron chi connectivity index (χ3n) is 2.42. The molecule has 0 amide bonds. The van der Waals surface area contributed by atoms with Crippen molar-refractivity contribution in [2.75, 3.05) is 20.8 Å². The fourth-order valence-corrected chi connectivity index (χ4v) is 1.43. The van der Waals surface area contributed by atoms with E-state index >= 15 is 0 Å². The van der Waals surface area contributed by atoms with Gasteiger partial charge in [0.2, 0.25) is 5.78 Å². The molecule has 0 radical (unpaired) electrons. The highest BCUT2D eigenvalue weighted by atomic mass is 35.5. The molecule has 0 aliphatic carbocycles. The van der Waals surface area contributed by atoms with E-state index in [1.165, 1.54) is 0 Å². The lowest BCUT2D eigenvalue weighted by atomic mass is 10.0.